The Morgan fingerprint density at radius 2 is 1.80 bits per heavy atom. The number of nitrogens with zero attached hydrogens (tertiary/aromatic N) is 4. The zero-order valence-electron chi connectivity index (χ0n) is 19.5. The summed E-state index contributed by atoms with van der Waals surface area (Å²) in [7, 11) is -3.71. The number of carbonyl (C=O) groups is 1. The third kappa shape index (κ3) is 6.16. The number of rotatable bonds is 14. The van der Waals surface area contributed by atoms with Crippen LogP contribution in [-0.4, -0.2) is 52.0 Å². The summed E-state index contributed by atoms with van der Waals surface area (Å²) in [5.41, 5.74) is 5.28. The molecule has 0 aliphatic carbocycles. The van der Waals surface area contributed by atoms with Crippen LogP contribution in [0.25, 0.3) is 15.7 Å². The summed E-state index contributed by atoms with van der Waals surface area (Å²) in [6.07, 6.45) is 7.75. The first-order valence-electron chi connectivity index (χ1n) is 11.8. The number of benzene rings is 2. The molecule has 0 spiro atoms. The first-order chi connectivity index (χ1) is 17.0. The van der Waals surface area contributed by atoms with Gasteiger partial charge in [0.15, 0.2) is 0 Å². The van der Waals surface area contributed by atoms with Crippen LogP contribution >= 0.6 is 11.5 Å². The van der Waals surface area contributed by atoms with Crippen LogP contribution in [0.5, 0.6) is 0 Å². The Balaban J connectivity index is 1.32. The van der Waals surface area contributed by atoms with Crippen LogP contribution in [0.2, 0.25) is 0 Å². The highest BCUT2D eigenvalue weighted by atomic mass is 32.2. The number of primary amides is 1. The van der Waals surface area contributed by atoms with Gasteiger partial charge in [-0.2, -0.15) is 8.68 Å². The van der Waals surface area contributed by atoms with Gasteiger partial charge in [-0.05, 0) is 30.7 Å². The number of carbonyl (C=O) groups excluding carboxylic acids is 1. The minimum Gasteiger partial charge on any atom is -0.370 e. The second-order valence-electron chi connectivity index (χ2n) is 8.38. The predicted molar refractivity (Wildman–Crippen MR) is 139 cm³/mol. The van der Waals surface area contributed by atoms with Gasteiger partial charge in [0.25, 0.3) is 0 Å². The number of anilines is 1. The highest BCUT2D eigenvalue weighted by Crippen LogP contribution is 2.26. The Labute approximate surface area is 209 Å². The van der Waals surface area contributed by atoms with Crippen LogP contribution in [0.4, 0.5) is 5.95 Å². The molecule has 0 bridgehead atoms. The molecule has 0 saturated heterocycles. The van der Waals surface area contributed by atoms with Crippen LogP contribution < -0.4 is 11.1 Å². The SMILES string of the molecule is NC(=O)CCCN(CCCCCCNc1nsc2nccn12)S(=O)(=O)c1cccc2ccccc12. The van der Waals surface area contributed by atoms with E-state index in [4.69, 9.17) is 5.73 Å². The molecule has 186 valence electrons. The van der Waals surface area contributed by atoms with Crippen molar-refractivity contribution in [2.75, 3.05) is 25.0 Å². The first kappa shape index (κ1) is 25.1. The predicted octanol–water partition coefficient (Wildman–Crippen LogP) is 3.87. The molecule has 35 heavy (non-hydrogen) atoms. The lowest BCUT2D eigenvalue weighted by molar-refractivity contribution is -0.118. The van der Waals surface area contributed by atoms with Crippen molar-refractivity contribution in [3.05, 3.63) is 54.9 Å². The molecule has 1 amide bonds. The summed E-state index contributed by atoms with van der Waals surface area (Å²) in [6, 6.07) is 12.8. The third-order valence-electron chi connectivity index (χ3n) is 5.86. The van der Waals surface area contributed by atoms with Crippen molar-refractivity contribution in [1.29, 1.82) is 0 Å². The Kier molecular flexibility index (Phi) is 8.32. The summed E-state index contributed by atoms with van der Waals surface area (Å²) < 4.78 is 35.0. The maximum absolute atomic E-state index is 13.6. The fraction of sp³-hybridized carbons (Fsp3) is 0.375. The zero-order chi connectivity index (χ0) is 24.7. The molecular weight excluding hydrogens is 484 g/mol. The van der Waals surface area contributed by atoms with E-state index in [1.54, 1.807) is 18.3 Å². The lowest BCUT2D eigenvalue weighted by Gasteiger charge is -2.23. The van der Waals surface area contributed by atoms with Gasteiger partial charge in [-0.25, -0.2) is 13.4 Å². The van der Waals surface area contributed by atoms with Crippen molar-refractivity contribution in [3.63, 3.8) is 0 Å². The largest absolute Gasteiger partial charge is 0.370 e. The highest BCUT2D eigenvalue weighted by molar-refractivity contribution is 7.89. The topological polar surface area (TPSA) is 123 Å². The summed E-state index contributed by atoms with van der Waals surface area (Å²) in [5.74, 6) is 0.373. The van der Waals surface area contributed by atoms with Gasteiger partial charge in [-0.3, -0.25) is 9.20 Å². The van der Waals surface area contributed by atoms with Gasteiger partial charge >= 0.3 is 0 Å². The Bertz CT molecular complexity index is 1380. The summed E-state index contributed by atoms with van der Waals surface area (Å²) in [6.45, 7) is 1.45. The summed E-state index contributed by atoms with van der Waals surface area (Å²) in [4.78, 5) is 16.6. The van der Waals surface area contributed by atoms with Crippen molar-refractivity contribution < 1.29 is 13.2 Å². The molecular formula is C24H30N6O3S2. The molecule has 2 aromatic heterocycles. The van der Waals surface area contributed by atoms with E-state index in [1.165, 1.54) is 15.8 Å². The molecule has 0 aliphatic rings. The number of fused-ring (bicyclic) bond motifs is 2. The molecule has 11 heteroatoms. The molecule has 3 N–H and O–H groups in total. The van der Waals surface area contributed by atoms with Crippen molar-refractivity contribution in [2.45, 2.75) is 43.4 Å². The normalized spacial score (nSPS) is 12.0. The van der Waals surface area contributed by atoms with Crippen molar-refractivity contribution >= 4 is 49.1 Å². The van der Waals surface area contributed by atoms with E-state index in [0.29, 0.717) is 23.2 Å². The van der Waals surface area contributed by atoms with Crippen LogP contribution in [0.3, 0.4) is 0 Å². The van der Waals surface area contributed by atoms with Gasteiger partial charge in [-0.1, -0.05) is 49.2 Å². The second-order valence-corrected chi connectivity index (χ2v) is 11.0. The van der Waals surface area contributed by atoms with Gasteiger partial charge in [0.1, 0.15) is 0 Å². The molecule has 4 aromatic rings. The molecule has 0 atom stereocenters. The first-order valence-corrected chi connectivity index (χ1v) is 14.0. The van der Waals surface area contributed by atoms with E-state index in [2.05, 4.69) is 14.7 Å². The van der Waals surface area contributed by atoms with Crippen LogP contribution in [0.1, 0.15) is 38.5 Å². The monoisotopic (exact) mass is 514 g/mol. The number of imidazole rings is 1. The lowest BCUT2D eigenvalue weighted by Crippen LogP contribution is -2.33. The van der Waals surface area contributed by atoms with Gasteiger partial charge in [-0.15, -0.1) is 0 Å². The minimum absolute atomic E-state index is 0.161. The molecule has 2 aromatic carbocycles. The van der Waals surface area contributed by atoms with Crippen molar-refractivity contribution in [1.82, 2.24) is 18.1 Å². The Morgan fingerprint density at radius 1 is 1.03 bits per heavy atom. The zero-order valence-corrected chi connectivity index (χ0v) is 21.1. The smallest absolute Gasteiger partial charge is 0.243 e. The molecule has 0 radical (unpaired) electrons. The fourth-order valence-corrected chi connectivity index (χ4v) is 6.47. The molecule has 0 unspecified atom stereocenters. The van der Waals surface area contributed by atoms with Crippen LogP contribution in [-0.2, 0) is 14.8 Å². The van der Waals surface area contributed by atoms with Gasteiger partial charge < -0.3 is 11.1 Å². The van der Waals surface area contributed by atoms with Gasteiger partial charge in [0.2, 0.25) is 26.8 Å². The average Bonchev–Trinajstić information content (AvgIpc) is 3.46. The molecule has 4 rings (SSSR count). The number of hydrogen-bond donors (Lipinski definition) is 2. The maximum atomic E-state index is 13.6. The van der Waals surface area contributed by atoms with Gasteiger partial charge in [0, 0.05) is 55.4 Å². The maximum Gasteiger partial charge on any atom is 0.243 e. The van der Waals surface area contributed by atoms with Crippen molar-refractivity contribution in [2.24, 2.45) is 5.73 Å². The molecule has 2 heterocycles. The number of nitrogens with two attached hydrogens (primary N) is 1. The standard InChI is InChI=1S/C24H30N6O3S2/c25-22(31)13-8-17-29(35(32,33)21-12-7-10-19-9-3-4-11-20(19)21)16-6-2-1-5-14-26-23-28-34-24-27-15-18-30(23)24/h3-4,7,9-12,15,18H,1-2,5-6,8,13-14,16-17H2,(H2,25,31)(H,26,28). The quantitative estimate of drug-likeness (QED) is 0.246. The number of nitrogens with one attached hydrogen (secondary N) is 1. The number of sulfonamides is 1. The highest BCUT2D eigenvalue weighted by Gasteiger charge is 2.25. The van der Waals surface area contributed by atoms with E-state index < -0.39 is 15.9 Å². The summed E-state index contributed by atoms with van der Waals surface area (Å²) in [5, 5.41) is 4.91. The molecule has 0 fully saturated rings. The lowest BCUT2D eigenvalue weighted by atomic mass is 10.1. The fourth-order valence-electron chi connectivity index (χ4n) is 4.07. The Hall–Kier alpha value is -3.02. The average molecular weight is 515 g/mol. The number of amides is 1. The second kappa shape index (κ2) is 11.6. The van der Waals surface area contributed by atoms with Crippen molar-refractivity contribution in [3.8, 4) is 0 Å². The van der Waals surface area contributed by atoms with Crippen LogP contribution in [0.15, 0.2) is 59.8 Å². The number of hydrogen-bond acceptors (Lipinski definition) is 7. The van der Waals surface area contributed by atoms with E-state index in [1.807, 2.05) is 40.9 Å². The number of aromatic nitrogens is 3. The van der Waals surface area contributed by atoms with E-state index in [-0.39, 0.29) is 13.0 Å². The van der Waals surface area contributed by atoms with Crippen LogP contribution in [0, 0.1) is 0 Å². The third-order valence-corrected chi connectivity index (χ3v) is 8.55. The minimum atomic E-state index is -3.71. The molecule has 9 nitrogen and oxygen atoms in total. The van der Waals surface area contributed by atoms with E-state index >= 15 is 0 Å². The summed E-state index contributed by atoms with van der Waals surface area (Å²) >= 11 is 1.35. The van der Waals surface area contributed by atoms with E-state index in [9.17, 15) is 13.2 Å². The molecule has 0 saturated carbocycles. The van der Waals surface area contributed by atoms with Gasteiger partial charge in [0.05, 0.1) is 4.90 Å². The Morgan fingerprint density at radius 3 is 2.66 bits per heavy atom. The molecule has 0 aliphatic heterocycles. The van der Waals surface area contributed by atoms with E-state index in [0.717, 1.165) is 48.5 Å². The number of unbranched alkanes of at least 4 members (excludes halogenated alkanes) is 3.